The Balaban J connectivity index is 2.75. The molecule has 2 heteroatoms. The molecule has 0 saturated heterocycles. The van der Waals surface area contributed by atoms with Crippen molar-refractivity contribution in [2.45, 2.75) is 45.4 Å². The highest BCUT2D eigenvalue weighted by Gasteiger charge is 2.24. The fourth-order valence-electron chi connectivity index (χ4n) is 2.19. The van der Waals surface area contributed by atoms with Crippen molar-refractivity contribution in [3.63, 3.8) is 0 Å². The molecule has 17 heavy (non-hydrogen) atoms. The topological polar surface area (TPSA) is 37.3 Å². The van der Waals surface area contributed by atoms with Crippen LogP contribution in [0.1, 0.15) is 51.0 Å². The van der Waals surface area contributed by atoms with Crippen molar-refractivity contribution in [2.24, 2.45) is 5.92 Å². The summed E-state index contributed by atoms with van der Waals surface area (Å²) in [6, 6.07) is 10.0. The molecule has 2 atom stereocenters. The number of aliphatic carboxylic acids is 1. The Bertz CT molecular complexity index is 332. The lowest BCUT2D eigenvalue weighted by molar-refractivity contribution is -0.142. The number of unbranched alkanes of at least 4 members (excludes halogenated alkanes) is 2. The summed E-state index contributed by atoms with van der Waals surface area (Å²) in [6.45, 7) is 3.98. The summed E-state index contributed by atoms with van der Waals surface area (Å²) >= 11 is 0. The van der Waals surface area contributed by atoms with Gasteiger partial charge in [0.25, 0.3) is 0 Å². The first-order valence-electron chi connectivity index (χ1n) is 6.44. The molecule has 0 spiro atoms. The lowest BCUT2D eigenvalue weighted by Gasteiger charge is -2.21. The number of carboxylic acid groups (broad SMARTS) is 1. The highest BCUT2D eigenvalue weighted by atomic mass is 16.4. The molecule has 0 saturated carbocycles. The van der Waals surface area contributed by atoms with E-state index in [2.05, 4.69) is 6.92 Å². The third kappa shape index (κ3) is 4.22. The molecule has 0 fully saturated rings. The van der Waals surface area contributed by atoms with E-state index < -0.39 is 5.97 Å². The van der Waals surface area contributed by atoms with Crippen LogP contribution < -0.4 is 0 Å². The summed E-state index contributed by atoms with van der Waals surface area (Å²) < 4.78 is 0. The Morgan fingerprint density at radius 3 is 2.41 bits per heavy atom. The summed E-state index contributed by atoms with van der Waals surface area (Å²) in [6.07, 6.45) is 4.41. The zero-order chi connectivity index (χ0) is 12.7. The molecule has 2 unspecified atom stereocenters. The first-order valence-corrected chi connectivity index (χ1v) is 6.44. The molecular weight excluding hydrogens is 212 g/mol. The summed E-state index contributed by atoms with van der Waals surface area (Å²) in [5.41, 5.74) is 1.15. The molecule has 0 aliphatic heterocycles. The molecule has 1 aromatic rings. The average molecular weight is 234 g/mol. The molecule has 1 N–H and O–H groups in total. The van der Waals surface area contributed by atoms with E-state index in [1.165, 1.54) is 12.8 Å². The van der Waals surface area contributed by atoms with Crippen molar-refractivity contribution in [3.8, 4) is 0 Å². The summed E-state index contributed by atoms with van der Waals surface area (Å²) in [5.74, 6) is -0.871. The Kier molecular flexibility index (Phi) is 5.75. The van der Waals surface area contributed by atoms with Crippen LogP contribution in [-0.4, -0.2) is 11.1 Å². The molecule has 0 heterocycles. The average Bonchev–Trinajstić information content (AvgIpc) is 2.35. The predicted octanol–water partition coefficient (Wildman–Crippen LogP) is 4.07. The molecule has 1 aromatic carbocycles. The molecule has 0 aromatic heterocycles. The van der Waals surface area contributed by atoms with Gasteiger partial charge in [0.05, 0.1) is 5.92 Å². The number of carbonyl (C=O) groups is 1. The fourth-order valence-corrected chi connectivity index (χ4v) is 2.19. The van der Waals surface area contributed by atoms with Crippen LogP contribution in [0.15, 0.2) is 30.3 Å². The van der Waals surface area contributed by atoms with Gasteiger partial charge >= 0.3 is 5.97 Å². The Morgan fingerprint density at radius 1 is 1.24 bits per heavy atom. The van der Waals surface area contributed by atoms with Crippen LogP contribution in [0.5, 0.6) is 0 Å². The van der Waals surface area contributed by atoms with Crippen LogP contribution in [0.4, 0.5) is 0 Å². The molecule has 1 rings (SSSR count). The zero-order valence-corrected chi connectivity index (χ0v) is 10.7. The van der Waals surface area contributed by atoms with Crippen molar-refractivity contribution < 1.29 is 9.90 Å². The Hall–Kier alpha value is -1.31. The van der Waals surface area contributed by atoms with Gasteiger partial charge in [-0.2, -0.15) is 0 Å². The smallest absolute Gasteiger partial charge is 0.306 e. The second kappa shape index (κ2) is 7.10. The van der Waals surface area contributed by atoms with Crippen LogP contribution in [0.2, 0.25) is 0 Å². The maximum absolute atomic E-state index is 11.1. The van der Waals surface area contributed by atoms with E-state index in [-0.39, 0.29) is 11.8 Å². The van der Waals surface area contributed by atoms with E-state index >= 15 is 0 Å². The summed E-state index contributed by atoms with van der Waals surface area (Å²) in [4.78, 5) is 11.1. The van der Waals surface area contributed by atoms with E-state index in [4.69, 9.17) is 0 Å². The molecule has 0 bridgehead atoms. The molecule has 94 valence electrons. The van der Waals surface area contributed by atoms with Crippen molar-refractivity contribution >= 4 is 5.97 Å². The molecular formula is C15H22O2. The van der Waals surface area contributed by atoms with Crippen molar-refractivity contribution in [1.82, 2.24) is 0 Å². The SMILES string of the molecule is CCCCCC(c1ccccc1)C(C)C(=O)O. The molecule has 0 aliphatic rings. The van der Waals surface area contributed by atoms with Gasteiger partial charge in [0.2, 0.25) is 0 Å². The number of benzene rings is 1. The Morgan fingerprint density at radius 2 is 1.88 bits per heavy atom. The van der Waals surface area contributed by atoms with Crippen LogP contribution in [0.25, 0.3) is 0 Å². The van der Waals surface area contributed by atoms with E-state index in [9.17, 15) is 9.90 Å². The van der Waals surface area contributed by atoms with Gasteiger partial charge in [0.1, 0.15) is 0 Å². The van der Waals surface area contributed by atoms with Crippen molar-refractivity contribution in [3.05, 3.63) is 35.9 Å². The second-order valence-electron chi connectivity index (χ2n) is 4.64. The van der Waals surface area contributed by atoms with E-state index in [0.717, 1.165) is 18.4 Å². The quantitative estimate of drug-likeness (QED) is 0.722. The minimum Gasteiger partial charge on any atom is -0.481 e. The van der Waals surface area contributed by atoms with Gasteiger partial charge in [-0.05, 0) is 17.9 Å². The maximum atomic E-state index is 11.1. The number of hydrogen-bond acceptors (Lipinski definition) is 1. The number of rotatable bonds is 7. The van der Waals surface area contributed by atoms with Crippen LogP contribution >= 0.6 is 0 Å². The molecule has 0 aliphatic carbocycles. The van der Waals surface area contributed by atoms with Gasteiger partial charge in [-0.25, -0.2) is 0 Å². The third-order valence-corrected chi connectivity index (χ3v) is 3.34. The van der Waals surface area contributed by atoms with Crippen LogP contribution in [-0.2, 0) is 4.79 Å². The summed E-state index contributed by atoms with van der Waals surface area (Å²) in [7, 11) is 0. The van der Waals surface area contributed by atoms with Crippen LogP contribution in [0.3, 0.4) is 0 Å². The van der Waals surface area contributed by atoms with Crippen molar-refractivity contribution in [1.29, 1.82) is 0 Å². The minimum atomic E-state index is -0.699. The zero-order valence-electron chi connectivity index (χ0n) is 10.7. The molecule has 2 nitrogen and oxygen atoms in total. The van der Waals surface area contributed by atoms with Gasteiger partial charge in [-0.15, -0.1) is 0 Å². The first kappa shape index (κ1) is 13.8. The maximum Gasteiger partial charge on any atom is 0.306 e. The summed E-state index contributed by atoms with van der Waals surface area (Å²) in [5, 5.41) is 9.17. The standard InChI is InChI=1S/C15H22O2/c1-3-4-6-11-14(12(2)15(16)17)13-9-7-5-8-10-13/h5,7-10,12,14H,3-4,6,11H2,1-2H3,(H,16,17). The largest absolute Gasteiger partial charge is 0.481 e. The highest BCUT2D eigenvalue weighted by molar-refractivity contribution is 5.70. The van der Waals surface area contributed by atoms with Crippen LogP contribution in [0, 0.1) is 5.92 Å². The lowest BCUT2D eigenvalue weighted by Crippen LogP contribution is -2.19. The monoisotopic (exact) mass is 234 g/mol. The minimum absolute atomic E-state index is 0.139. The van der Waals surface area contributed by atoms with Gasteiger partial charge in [0, 0.05) is 0 Å². The highest BCUT2D eigenvalue weighted by Crippen LogP contribution is 2.30. The fraction of sp³-hybridized carbons (Fsp3) is 0.533. The molecule has 0 radical (unpaired) electrons. The van der Waals surface area contributed by atoms with Gasteiger partial charge in [0.15, 0.2) is 0 Å². The van der Waals surface area contributed by atoms with E-state index in [0.29, 0.717) is 0 Å². The van der Waals surface area contributed by atoms with E-state index in [1.807, 2.05) is 37.3 Å². The van der Waals surface area contributed by atoms with Gasteiger partial charge in [-0.3, -0.25) is 4.79 Å². The normalized spacial score (nSPS) is 14.2. The van der Waals surface area contributed by atoms with E-state index in [1.54, 1.807) is 0 Å². The third-order valence-electron chi connectivity index (χ3n) is 3.34. The number of hydrogen-bond donors (Lipinski definition) is 1. The van der Waals surface area contributed by atoms with Gasteiger partial charge in [-0.1, -0.05) is 63.4 Å². The van der Waals surface area contributed by atoms with Crippen molar-refractivity contribution in [2.75, 3.05) is 0 Å². The lowest BCUT2D eigenvalue weighted by atomic mass is 9.83. The second-order valence-corrected chi connectivity index (χ2v) is 4.64. The predicted molar refractivity (Wildman–Crippen MR) is 70.1 cm³/mol. The number of carboxylic acids is 1. The Labute approximate surface area is 104 Å². The first-order chi connectivity index (χ1) is 8.16. The molecule has 0 amide bonds. The van der Waals surface area contributed by atoms with Gasteiger partial charge < -0.3 is 5.11 Å².